The van der Waals surface area contributed by atoms with Gasteiger partial charge < -0.3 is 8.85 Å². The molecular formula is C16H32O2Si. The highest BCUT2D eigenvalue weighted by Gasteiger charge is 2.35. The molecule has 0 aromatic rings. The average Bonchev–Trinajstić information content (AvgIpc) is 3.06. The van der Waals surface area contributed by atoms with E-state index >= 15 is 0 Å². The molecule has 0 aliphatic heterocycles. The highest BCUT2D eigenvalue weighted by atomic mass is 28.3. The van der Waals surface area contributed by atoms with Gasteiger partial charge in [-0.05, 0) is 49.5 Å². The fourth-order valence-corrected chi connectivity index (χ4v) is 5.93. The van der Waals surface area contributed by atoms with Crippen LogP contribution in [0.4, 0.5) is 0 Å². The first kappa shape index (κ1) is 15.5. The summed E-state index contributed by atoms with van der Waals surface area (Å²) in [6.07, 6.45) is 11.8. The van der Waals surface area contributed by atoms with Crippen molar-refractivity contribution in [2.45, 2.75) is 77.4 Å². The summed E-state index contributed by atoms with van der Waals surface area (Å²) in [7, 11) is 0.420. The van der Waals surface area contributed by atoms with Crippen molar-refractivity contribution >= 4 is 9.28 Å². The summed E-state index contributed by atoms with van der Waals surface area (Å²) in [5, 5.41) is 0. The van der Waals surface area contributed by atoms with Crippen LogP contribution in [-0.2, 0) is 8.85 Å². The second-order valence-corrected chi connectivity index (χ2v) is 9.06. The molecule has 19 heavy (non-hydrogen) atoms. The molecule has 0 N–H and O–H groups in total. The number of hydrogen-bond acceptors (Lipinski definition) is 2. The minimum absolute atomic E-state index is 0.528. The van der Waals surface area contributed by atoms with Crippen LogP contribution in [0.5, 0.6) is 0 Å². The largest absolute Gasteiger partial charge is 0.400 e. The summed E-state index contributed by atoms with van der Waals surface area (Å²) >= 11 is 0. The molecule has 112 valence electrons. The Morgan fingerprint density at radius 2 is 1.42 bits per heavy atom. The molecule has 2 fully saturated rings. The van der Waals surface area contributed by atoms with Crippen molar-refractivity contribution in [2.75, 3.05) is 7.11 Å². The van der Waals surface area contributed by atoms with Gasteiger partial charge in [-0.15, -0.1) is 0 Å². The molecule has 0 heterocycles. The van der Waals surface area contributed by atoms with Crippen molar-refractivity contribution in [3.8, 4) is 0 Å². The molecule has 0 bridgehead atoms. The van der Waals surface area contributed by atoms with Gasteiger partial charge in [0.25, 0.3) is 0 Å². The molecule has 2 saturated carbocycles. The van der Waals surface area contributed by atoms with Crippen molar-refractivity contribution in [1.82, 2.24) is 0 Å². The third-order valence-electron chi connectivity index (χ3n) is 4.96. The zero-order valence-corrected chi connectivity index (χ0v) is 14.2. The maximum absolute atomic E-state index is 6.60. The van der Waals surface area contributed by atoms with Crippen LogP contribution < -0.4 is 0 Å². The van der Waals surface area contributed by atoms with Gasteiger partial charge in [-0.1, -0.05) is 39.5 Å². The fourth-order valence-electron chi connectivity index (χ4n) is 3.95. The van der Waals surface area contributed by atoms with Crippen molar-refractivity contribution in [3.63, 3.8) is 0 Å². The molecule has 0 aromatic heterocycles. The van der Waals surface area contributed by atoms with E-state index in [4.69, 9.17) is 8.85 Å². The lowest BCUT2D eigenvalue weighted by Crippen LogP contribution is -2.37. The van der Waals surface area contributed by atoms with Gasteiger partial charge in [0, 0.05) is 7.11 Å². The summed E-state index contributed by atoms with van der Waals surface area (Å²) in [4.78, 5) is 0. The third kappa shape index (κ3) is 4.57. The average molecular weight is 285 g/mol. The molecular weight excluding hydrogens is 252 g/mol. The quantitative estimate of drug-likeness (QED) is 0.650. The molecule has 0 saturated heterocycles. The minimum atomic E-state index is -1.44. The highest BCUT2D eigenvalue weighted by molar-refractivity contribution is 6.44. The molecule has 0 radical (unpaired) electrons. The van der Waals surface area contributed by atoms with Crippen molar-refractivity contribution < 1.29 is 8.85 Å². The molecule has 0 spiro atoms. The molecule has 2 aliphatic carbocycles. The zero-order valence-electron chi connectivity index (χ0n) is 13.1. The standard InChI is InChI=1S/C16H32O2Si/c1-13(2)12-19(17-3)18-16(14-8-4-5-9-14)15-10-6-7-11-15/h13-16,19H,4-12H2,1-3H3. The predicted molar refractivity (Wildman–Crippen MR) is 82.6 cm³/mol. The van der Waals surface area contributed by atoms with Gasteiger partial charge in [0.15, 0.2) is 0 Å². The fraction of sp³-hybridized carbons (Fsp3) is 1.00. The second kappa shape index (κ2) is 7.80. The SMILES string of the molecule is CO[SiH](CC(C)C)OC(C1CCCC1)C1CCCC1. The summed E-state index contributed by atoms with van der Waals surface area (Å²) in [6, 6.07) is 1.16. The maximum atomic E-state index is 6.60. The monoisotopic (exact) mass is 284 g/mol. The lowest BCUT2D eigenvalue weighted by Gasteiger charge is -2.32. The Hall–Kier alpha value is 0.137. The van der Waals surface area contributed by atoms with Crippen LogP contribution in [0, 0.1) is 17.8 Å². The number of hydrogen-bond donors (Lipinski definition) is 0. The first-order valence-corrected chi connectivity index (χ1v) is 10.1. The van der Waals surface area contributed by atoms with Gasteiger partial charge in [0.05, 0.1) is 6.10 Å². The van der Waals surface area contributed by atoms with Crippen LogP contribution in [-0.4, -0.2) is 22.5 Å². The topological polar surface area (TPSA) is 18.5 Å². The predicted octanol–water partition coefficient (Wildman–Crippen LogP) is 4.27. The Morgan fingerprint density at radius 3 is 1.79 bits per heavy atom. The van der Waals surface area contributed by atoms with Gasteiger partial charge in [-0.2, -0.15) is 0 Å². The van der Waals surface area contributed by atoms with E-state index in [2.05, 4.69) is 13.8 Å². The minimum Gasteiger partial charge on any atom is -0.400 e. The van der Waals surface area contributed by atoms with E-state index in [1.807, 2.05) is 7.11 Å². The normalized spacial score (nSPS) is 23.8. The Kier molecular flexibility index (Phi) is 6.37. The van der Waals surface area contributed by atoms with E-state index in [9.17, 15) is 0 Å². The summed E-state index contributed by atoms with van der Waals surface area (Å²) in [5.41, 5.74) is 0. The molecule has 3 heteroatoms. The van der Waals surface area contributed by atoms with E-state index in [1.54, 1.807) is 0 Å². The molecule has 2 rings (SSSR count). The van der Waals surface area contributed by atoms with Gasteiger partial charge in [0.2, 0.25) is 0 Å². The Labute approximate surface area is 121 Å². The zero-order chi connectivity index (χ0) is 13.7. The Morgan fingerprint density at radius 1 is 0.947 bits per heavy atom. The Balaban J connectivity index is 1.95. The first-order chi connectivity index (χ1) is 9.20. The van der Waals surface area contributed by atoms with Crippen LogP contribution in [0.1, 0.15) is 65.2 Å². The van der Waals surface area contributed by atoms with E-state index in [-0.39, 0.29) is 0 Å². The molecule has 1 unspecified atom stereocenters. The summed E-state index contributed by atoms with van der Waals surface area (Å²) < 4.78 is 12.3. The van der Waals surface area contributed by atoms with Crippen LogP contribution in [0.2, 0.25) is 6.04 Å². The molecule has 0 aromatic carbocycles. The van der Waals surface area contributed by atoms with E-state index in [0.29, 0.717) is 12.0 Å². The van der Waals surface area contributed by atoms with Gasteiger partial charge in [-0.3, -0.25) is 0 Å². The van der Waals surface area contributed by atoms with Crippen molar-refractivity contribution in [1.29, 1.82) is 0 Å². The lowest BCUT2D eigenvalue weighted by atomic mass is 9.89. The van der Waals surface area contributed by atoms with E-state index in [0.717, 1.165) is 17.9 Å². The van der Waals surface area contributed by atoms with Crippen LogP contribution in [0.3, 0.4) is 0 Å². The van der Waals surface area contributed by atoms with Crippen LogP contribution in [0.15, 0.2) is 0 Å². The Bertz CT molecular complexity index is 229. The second-order valence-electron chi connectivity index (χ2n) is 6.98. The lowest BCUT2D eigenvalue weighted by molar-refractivity contribution is 0.0516. The van der Waals surface area contributed by atoms with E-state index in [1.165, 1.54) is 51.4 Å². The number of rotatable bonds is 7. The molecule has 2 aliphatic rings. The molecule has 1 atom stereocenters. The van der Waals surface area contributed by atoms with Crippen LogP contribution >= 0.6 is 0 Å². The first-order valence-electron chi connectivity index (χ1n) is 8.39. The van der Waals surface area contributed by atoms with Gasteiger partial charge in [-0.25, -0.2) is 0 Å². The maximum Gasteiger partial charge on any atom is 0.321 e. The molecule has 2 nitrogen and oxygen atoms in total. The van der Waals surface area contributed by atoms with Crippen molar-refractivity contribution in [3.05, 3.63) is 0 Å². The summed E-state index contributed by atoms with van der Waals surface area (Å²) in [5.74, 6) is 2.37. The van der Waals surface area contributed by atoms with E-state index < -0.39 is 9.28 Å². The van der Waals surface area contributed by atoms with Crippen LogP contribution in [0.25, 0.3) is 0 Å². The van der Waals surface area contributed by atoms with Crippen molar-refractivity contribution in [2.24, 2.45) is 17.8 Å². The van der Waals surface area contributed by atoms with Gasteiger partial charge >= 0.3 is 9.28 Å². The smallest absolute Gasteiger partial charge is 0.321 e. The third-order valence-corrected chi connectivity index (χ3v) is 7.44. The molecule has 0 amide bonds. The van der Waals surface area contributed by atoms with Gasteiger partial charge in [0.1, 0.15) is 0 Å². The highest BCUT2D eigenvalue weighted by Crippen LogP contribution is 2.39. The summed E-state index contributed by atoms with van der Waals surface area (Å²) in [6.45, 7) is 4.56.